The average molecular weight is 550 g/mol. The van der Waals surface area contributed by atoms with Gasteiger partial charge in [0.1, 0.15) is 10.8 Å². The number of nitrogens with zero attached hydrogens (tertiary/aromatic N) is 3. The molecule has 1 aliphatic heterocycles. The van der Waals surface area contributed by atoms with Gasteiger partial charge in [-0.3, -0.25) is 4.79 Å². The maximum Gasteiger partial charge on any atom is 0.255 e. The quantitative estimate of drug-likeness (QED) is 0.237. The number of carbonyl (C=O) groups is 1. The Morgan fingerprint density at radius 2 is 1.79 bits per heavy atom. The number of aryl methyl sites for hydroxylation is 1. The number of aromatic nitrogens is 2. The largest absolute Gasteiger partial charge is 0.489 e. The van der Waals surface area contributed by atoms with E-state index >= 15 is 0 Å². The fourth-order valence-corrected chi connectivity index (χ4v) is 5.11. The lowest BCUT2D eigenvalue weighted by molar-refractivity contribution is 0.0653. The third kappa shape index (κ3) is 7.01. The van der Waals surface area contributed by atoms with Crippen LogP contribution in [0.5, 0.6) is 5.75 Å². The zero-order valence-electron chi connectivity index (χ0n) is 23.7. The summed E-state index contributed by atoms with van der Waals surface area (Å²) in [7, 11) is 0. The number of amides is 1. The summed E-state index contributed by atoms with van der Waals surface area (Å²) in [6, 6.07) is 11.7. The van der Waals surface area contributed by atoms with Crippen LogP contribution in [0.3, 0.4) is 0 Å². The van der Waals surface area contributed by atoms with Crippen molar-refractivity contribution in [3.8, 4) is 5.75 Å². The molecule has 1 aromatic heterocycles. The second-order valence-electron chi connectivity index (χ2n) is 10.5. The van der Waals surface area contributed by atoms with Crippen LogP contribution in [0.15, 0.2) is 42.6 Å². The molecule has 4 rings (SSSR count). The van der Waals surface area contributed by atoms with Crippen LogP contribution in [-0.4, -0.2) is 40.0 Å². The van der Waals surface area contributed by atoms with E-state index in [0.717, 1.165) is 56.6 Å². The van der Waals surface area contributed by atoms with Gasteiger partial charge in [-0.15, -0.1) is 0 Å². The molecule has 208 valence electrons. The van der Waals surface area contributed by atoms with Gasteiger partial charge in [-0.1, -0.05) is 50.4 Å². The van der Waals surface area contributed by atoms with E-state index in [1.165, 1.54) is 11.1 Å². The summed E-state index contributed by atoms with van der Waals surface area (Å²) in [5, 5.41) is 6.97. The molecule has 1 saturated heterocycles. The molecule has 0 unspecified atom stereocenters. The highest BCUT2D eigenvalue weighted by molar-refractivity contribution is 6.33. The van der Waals surface area contributed by atoms with E-state index in [1.54, 1.807) is 6.20 Å². The van der Waals surface area contributed by atoms with Gasteiger partial charge in [-0.25, -0.2) is 4.98 Å². The molecule has 7 nitrogen and oxygen atoms in total. The number of halogens is 1. The summed E-state index contributed by atoms with van der Waals surface area (Å²) in [6.07, 6.45) is 7.20. The molecule has 1 fully saturated rings. The lowest BCUT2D eigenvalue weighted by Gasteiger charge is -2.31. The molecule has 3 aromatic rings. The first-order valence-corrected chi connectivity index (χ1v) is 14.4. The molecule has 0 spiro atoms. The number of hydrogen-bond donors (Lipinski definition) is 2. The van der Waals surface area contributed by atoms with E-state index in [0.29, 0.717) is 34.0 Å². The van der Waals surface area contributed by atoms with Crippen LogP contribution in [-0.2, 0) is 0 Å². The number of likely N-dealkylation sites (tertiary alicyclic amines) is 1. The van der Waals surface area contributed by atoms with Crippen LogP contribution in [0.25, 0.3) is 0 Å². The molecule has 0 radical (unpaired) electrons. The minimum Gasteiger partial charge on any atom is -0.489 e. The van der Waals surface area contributed by atoms with E-state index in [1.807, 2.05) is 43.0 Å². The third-order valence-electron chi connectivity index (χ3n) is 6.99. The highest BCUT2D eigenvalue weighted by atomic mass is 35.5. The summed E-state index contributed by atoms with van der Waals surface area (Å²) in [5.74, 6) is 2.09. The normalized spacial score (nSPS) is 13.0. The van der Waals surface area contributed by atoms with Gasteiger partial charge in [-0.2, -0.15) is 4.98 Å². The number of hydrogen-bond acceptors (Lipinski definition) is 6. The lowest BCUT2D eigenvalue weighted by atomic mass is 9.87. The molecule has 0 aliphatic carbocycles. The van der Waals surface area contributed by atoms with Crippen molar-refractivity contribution in [2.75, 3.05) is 23.7 Å². The third-order valence-corrected chi connectivity index (χ3v) is 7.27. The first-order valence-electron chi connectivity index (χ1n) is 14.1. The van der Waals surface area contributed by atoms with Gasteiger partial charge >= 0.3 is 0 Å². The van der Waals surface area contributed by atoms with Crippen LogP contribution in [0.1, 0.15) is 87.2 Å². The van der Waals surface area contributed by atoms with E-state index in [9.17, 15) is 4.79 Å². The molecule has 2 N–H and O–H groups in total. The van der Waals surface area contributed by atoms with Crippen molar-refractivity contribution in [1.29, 1.82) is 0 Å². The summed E-state index contributed by atoms with van der Waals surface area (Å²) in [5.41, 5.74) is 4.60. The van der Waals surface area contributed by atoms with Gasteiger partial charge in [0.25, 0.3) is 5.91 Å². The summed E-state index contributed by atoms with van der Waals surface area (Å²) in [6.45, 7) is 12.2. The molecule has 39 heavy (non-hydrogen) atoms. The summed E-state index contributed by atoms with van der Waals surface area (Å²) in [4.78, 5) is 23.9. The van der Waals surface area contributed by atoms with Crippen LogP contribution < -0.4 is 15.4 Å². The van der Waals surface area contributed by atoms with E-state index < -0.39 is 0 Å². The Kier molecular flexibility index (Phi) is 9.68. The second-order valence-corrected chi connectivity index (χ2v) is 10.9. The van der Waals surface area contributed by atoms with E-state index in [4.69, 9.17) is 16.3 Å². The van der Waals surface area contributed by atoms with Crippen molar-refractivity contribution in [3.05, 3.63) is 64.3 Å². The monoisotopic (exact) mass is 549 g/mol. The van der Waals surface area contributed by atoms with Gasteiger partial charge in [0, 0.05) is 13.1 Å². The second kappa shape index (κ2) is 13.2. The smallest absolute Gasteiger partial charge is 0.255 e. The topological polar surface area (TPSA) is 79.4 Å². The maximum absolute atomic E-state index is 12.9. The number of anilines is 4. The molecule has 2 aromatic carbocycles. The fraction of sp³-hybridized carbons (Fsp3) is 0.452. The van der Waals surface area contributed by atoms with Crippen molar-refractivity contribution < 1.29 is 9.53 Å². The molecule has 0 bridgehead atoms. The SMILES string of the molecule is CCCC(CCC)c1cc(OC(C)C)c(Nc2ncc(Cl)c(Nc3ccccc3C(=O)N3CCC3)n2)cc1C. The van der Waals surface area contributed by atoms with Gasteiger partial charge in [0.2, 0.25) is 5.95 Å². The van der Waals surface area contributed by atoms with Gasteiger partial charge in [0.15, 0.2) is 5.82 Å². The predicted octanol–water partition coefficient (Wildman–Crippen LogP) is 8.24. The predicted molar refractivity (Wildman–Crippen MR) is 160 cm³/mol. The summed E-state index contributed by atoms with van der Waals surface area (Å²) >= 11 is 6.49. The van der Waals surface area contributed by atoms with Crippen LogP contribution in [0.2, 0.25) is 5.02 Å². The van der Waals surface area contributed by atoms with Crippen molar-refractivity contribution in [1.82, 2.24) is 14.9 Å². The number of nitrogens with one attached hydrogen (secondary N) is 2. The molecule has 1 aliphatic rings. The Morgan fingerprint density at radius 3 is 2.44 bits per heavy atom. The molecular formula is C31H40ClN5O2. The summed E-state index contributed by atoms with van der Waals surface area (Å²) < 4.78 is 6.25. The Labute approximate surface area is 237 Å². The standard InChI is InChI=1S/C31H40ClN5O2/c1-6-11-22(12-7-2)24-18-28(39-20(3)4)27(17-21(24)5)35-31-33-19-25(32)29(36-31)34-26-14-9-8-13-23(26)30(38)37-15-10-16-37/h8-9,13-14,17-20,22H,6-7,10-12,15-16H2,1-5H3,(H2,33,34,35,36). The first kappa shape index (κ1) is 28.7. The Hall–Kier alpha value is -3.32. The maximum atomic E-state index is 12.9. The Bertz CT molecular complexity index is 1290. The highest BCUT2D eigenvalue weighted by Crippen LogP contribution is 2.38. The van der Waals surface area contributed by atoms with Gasteiger partial charge in [0.05, 0.1) is 29.2 Å². The fourth-order valence-electron chi connectivity index (χ4n) is 4.98. The average Bonchev–Trinajstić information content (AvgIpc) is 2.86. The van der Waals surface area contributed by atoms with Crippen molar-refractivity contribution in [2.24, 2.45) is 0 Å². The number of benzene rings is 2. The Morgan fingerprint density at radius 1 is 1.08 bits per heavy atom. The number of rotatable bonds is 12. The zero-order valence-corrected chi connectivity index (χ0v) is 24.4. The molecule has 2 heterocycles. The van der Waals surface area contributed by atoms with Gasteiger partial charge in [-0.05, 0) is 81.3 Å². The van der Waals surface area contributed by atoms with E-state index in [-0.39, 0.29) is 12.0 Å². The molecular weight excluding hydrogens is 510 g/mol. The number of para-hydroxylation sites is 1. The van der Waals surface area contributed by atoms with Crippen LogP contribution >= 0.6 is 11.6 Å². The first-order chi connectivity index (χ1) is 18.8. The van der Waals surface area contributed by atoms with Crippen molar-refractivity contribution in [2.45, 2.75) is 78.7 Å². The highest BCUT2D eigenvalue weighted by Gasteiger charge is 2.24. The number of ether oxygens (including phenoxy) is 1. The minimum absolute atomic E-state index is 0.00312. The molecule has 1 amide bonds. The number of carbonyl (C=O) groups excluding carboxylic acids is 1. The zero-order chi connectivity index (χ0) is 27.9. The van der Waals surface area contributed by atoms with Crippen LogP contribution in [0.4, 0.5) is 23.1 Å². The molecule has 0 atom stereocenters. The molecule has 0 saturated carbocycles. The minimum atomic E-state index is 0.00312. The lowest BCUT2D eigenvalue weighted by Crippen LogP contribution is -2.42. The van der Waals surface area contributed by atoms with Gasteiger partial charge < -0.3 is 20.3 Å². The van der Waals surface area contributed by atoms with Crippen molar-refractivity contribution >= 4 is 40.6 Å². The van der Waals surface area contributed by atoms with Crippen molar-refractivity contribution in [3.63, 3.8) is 0 Å². The van der Waals surface area contributed by atoms with E-state index in [2.05, 4.69) is 53.5 Å². The van der Waals surface area contributed by atoms with Crippen LogP contribution in [0, 0.1) is 6.92 Å². The Balaban J connectivity index is 1.63. The molecule has 8 heteroatoms.